The summed E-state index contributed by atoms with van der Waals surface area (Å²) in [6, 6.07) is 0. The van der Waals surface area contributed by atoms with Gasteiger partial charge in [-0.3, -0.25) is 0 Å². The van der Waals surface area contributed by atoms with Gasteiger partial charge in [0.15, 0.2) is 0 Å². The predicted octanol–water partition coefficient (Wildman–Crippen LogP) is -0.144. The fourth-order valence-corrected chi connectivity index (χ4v) is 2.14. The van der Waals surface area contributed by atoms with Gasteiger partial charge >= 0.3 is 0 Å². The van der Waals surface area contributed by atoms with E-state index in [-0.39, 0.29) is 5.25 Å². The second-order valence-electron chi connectivity index (χ2n) is 4.26. The second kappa shape index (κ2) is 8.00. The quantitative estimate of drug-likeness (QED) is 0.560. The van der Waals surface area contributed by atoms with E-state index in [1.807, 2.05) is 19.0 Å². The molecule has 0 amide bonds. The molecule has 0 fully saturated rings. The first-order valence-electron chi connectivity index (χ1n) is 5.74. The van der Waals surface area contributed by atoms with Crippen molar-refractivity contribution in [3.63, 3.8) is 0 Å². The number of hydrogen-bond donors (Lipinski definition) is 2. The van der Waals surface area contributed by atoms with Gasteiger partial charge in [-0.25, -0.2) is 13.1 Å². The molecular weight excluding hydrogens is 226 g/mol. The summed E-state index contributed by atoms with van der Waals surface area (Å²) in [5, 5.41) is 2.72. The van der Waals surface area contributed by atoms with Gasteiger partial charge in [-0.15, -0.1) is 0 Å². The highest BCUT2D eigenvalue weighted by Gasteiger charge is 2.19. The molecule has 0 rings (SSSR count). The summed E-state index contributed by atoms with van der Waals surface area (Å²) in [6.45, 7) is 6.33. The molecule has 6 heteroatoms. The average Bonchev–Trinajstić information content (AvgIpc) is 2.17. The topological polar surface area (TPSA) is 61.4 Å². The number of nitrogens with zero attached hydrogens (tertiary/aromatic N) is 1. The molecule has 0 aliphatic carbocycles. The van der Waals surface area contributed by atoms with Gasteiger partial charge in [0.2, 0.25) is 10.0 Å². The van der Waals surface area contributed by atoms with Crippen LogP contribution in [0.3, 0.4) is 0 Å². The van der Waals surface area contributed by atoms with Crippen molar-refractivity contribution in [3.8, 4) is 0 Å². The fourth-order valence-electron chi connectivity index (χ4n) is 1.15. The van der Waals surface area contributed by atoms with E-state index >= 15 is 0 Å². The van der Waals surface area contributed by atoms with E-state index in [4.69, 9.17) is 0 Å². The van der Waals surface area contributed by atoms with E-state index in [2.05, 4.69) is 17.0 Å². The molecule has 0 aromatic rings. The van der Waals surface area contributed by atoms with Crippen molar-refractivity contribution in [2.24, 2.45) is 0 Å². The molecular formula is C10H25N3O2S. The highest BCUT2D eigenvalue weighted by atomic mass is 32.2. The minimum atomic E-state index is -3.18. The minimum absolute atomic E-state index is 0.388. The van der Waals surface area contributed by atoms with Crippen LogP contribution < -0.4 is 10.0 Å². The second-order valence-corrected chi connectivity index (χ2v) is 6.44. The first kappa shape index (κ1) is 15.8. The maximum Gasteiger partial charge on any atom is 0.215 e. The van der Waals surface area contributed by atoms with Crippen LogP contribution in [0.15, 0.2) is 0 Å². The van der Waals surface area contributed by atoms with Gasteiger partial charge in [-0.2, -0.15) is 0 Å². The molecule has 2 N–H and O–H groups in total. The third-order valence-electron chi connectivity index (χ3n) is 2.25. The molecule has 0 aliphatic rings. The van der Waals surface area contributed by atoms with Crippen LogP contribution in [0.2, 0.25) is 0 Å². The molecule has 0 spiro atoms. The van der Waals surface area contributed by atoms with Crippen LogP contribution in [0.4, 0.5) is 0 Å². The molecule has 0 bridgehead atoms. The first-order chi connectivity index (χ1) is 7.40. The Bertz CT molecular complexity index is 265. The van der Waals surface area contributed by atoms with Crippen LogP contribution in [0.25, 0.3) is 0 Å². The molecule has 0 aromatic carbocycles. The Morgan fingerprint density at radius 2 is 1.88 bits per heavy atom. The SMILES string of the molecule is CCCNCC(C)S(=O)(=O)NCCN(C)C. The molecule has 5 nitrogen and oxygen atoms in total. The Hall–Kier alpha value is -0.170. The van der Waals surface area contributed by atoms with Crippen molar-refractivity contribution in [2.45, 2.75) is 25.5 Å². The van der Waals surface area contributed by atoms with Crippen molar-refractivity contribution in [3.05, 3.63) is 0 Å². The lowest BCUT2D eigenvalue weighted by Crippen LogP contribution is -2.41. The minimum Gasteiger partial charge on any atom is -0.315 e. The van der Waals surface area contributed by atoms with Gasteiger partial charge in [-0.05, 0) is 34.0 Å². The summed E-state index contributed by atoms with van der Waals surface area (Å²) >= 11 is 0. The maximum absolute atomic E-state index is 11.7. The van der Waals surface area contributed by atoms with Crippen LogP contribution in [0, 0.1) is 0 Å². The van der Waals surface area contributed by atoms with Crippen LogP contribution in [0.5, 0.6) is 0 Å². The molecule has 1 atom stereocenters. The van der Waals surface area contributed by atoms with Crippen molar-refractivity contribution in [1.82, 2.24) is 14.9 Å². The zero-order chi connectivity index (χ0) is 12.6. The van der Waals surface area contributed by atoms with E-state index in [0.717, 1.165) is 13.0 Å². The highest BCUT2D eigenvalue weighted by molar-refractivity contribution is 7.90. The lowest BCUT2D eigenvalue weighted by molar-refractivity contribution is 0.412. The highest BCUT2D eigenvalue weighted by Crippen LogP contribution is 1.96. The van der Waals surface area contributed by atoms with Gasteiger partial charge in [0, 0.05) is 19.6 Å². The number of sulfonamides is 1. The fraction of sp³-hybridized carbons (Fsp3) is 1.00. The normalized spacial score (nSPS) is 14.3. The lowest BCUT2D eigenvalue weighted by Gasteiger charge is -2.16. The molecule has 0 saturated carbocycles. The first-order valence-corrected chi connectivity index (χ1v) is 7.28. The number of rotatable bonds is 9. The van der Waals surface area contributed by atoms with Gasteiger partial charge in [0.05, 0.1) is 5.25 Å². The Morgan fingerprint density at radius 1 is 1.25 bits per heavy atom. The molecule has 98 valence electrons. The Kier molecular flexibility index (Phi) is 7.91. The van der Waals surface area contributed by atoms with Crippen molar-refractivity contribution in [2.75, 3.05) is 40.3 Å². The summed E-state index contributed by atoms with van der Waals surface area (Å²) in [6.07, 6.45) is 1.01. The molecule has 16 heavy (non-hydrogen) atoms. The van der Waals surface area contributed by atoms with E-state index in [0.29, 0.717) is 19.6 Å². The standard InChI is InChI=1S/C10H25N3O2S/c1-5-6-11-9-10(2)16(14,15)12-7-8-13(3)4/h10-12H,5-9H2,1-4H3. The van der Waals surface area contributed by atoms with E-state index in [1.165, 1.54) is 0 Å². The van der Waals surface area contributed by atoms with E-state index in [1.54, 1.807) is 6.92 Å². The summed E-state index contributed by atoms with van der Waals surface area (Å²) in [5.74, 6) is 0. The molecule has 0 radical (unpaired) electrons. The predicted molar refractivity (Wildman–Crippen MR) is 68.1 cm³/mol. The van der Waals surface area contributed by atoms with Crippen molar-refractivity contribution in [1.29, 1.82) is 0 Å². The lowest BCUT2D eigenvalue weighted by atomic mass is 10.4. The monoisotopic (exact) mass is 251 g/mol. The van der Waals surface area contributed by atoms with Gasteiger partial charge in [-0.1, -0.05) is 6.92 Å². The molecule has 0 aliphatic heterocycles. The van der Waals surface area contributed by atoms with Gasteiger partial charge in [0.25, 0.3) is 0 Å². The Labute approximate surface area is 99.6 Å². The van der Waals surface area contributed by atoms with E-state index < -0.39 is 10.0 Å². The van der Waals surface area contributed by atoms with Crippen LogP contribution in [-0.4, -0.2) is 58.8 Å². The Balaban J connectivity index is 3.91. The maximum atomic E-state index is 11.7. The summed E-state index contributed by atoms with van der Waals surface area (Å²) in [7, 11) is 0.659. The molecule has 0 heterocycles. The van der Waals surface area contributed by atoms with Gasteiger partial charge in [0.1, 0.15) is 0 Å². The largest absolute Gasteiger partial charge is 0.315 e. The van der Waals surface area contributed by atoms with Gasteiger partial charge < -0.3 is 10.2 Å². The van der Waals surface area contributed by atoms with Crippen LogP contribution in [-0.2, 0) is 10.0 Å². The summed E-state index contributed by atoms with van der Waals surface area (Å²) in [5.41, 5.74) is 0. The average molecular weight is 251 g/mol. The van der Waals surface area contributed by atoms with Crippen LogP contribution in [0.1, 0.15) is 20.3 Å². The van der Waals surface area contributed by atoms with E-state index in [9.17, 15) is 8.42 Å². The Morgan fingerprint density at radius 3 is 2.38 bits per heavy atom. The summed E-state index contributed by atoms with van der Waals surface area (Å²) < 4.78 is 26.1. The third-order valence-corrected chi connectivity index (χ3v) is 4.08. The zero-order valence-corrected chi connectivity index (χ0v) is 11.6. The molecule has 0 aromatic heterocycles. The number of nitrogens with one attached hydrogen (secondary N) is 2. The zero-order valence-electron chi connectivity index (χ0n) is 10.8. The van der Waals surface area contributed by atoms with Crippen molar-refractivity contribution < 1.29 is 8.42 Å². The smallest absolute Gasteiger partial charge is 0.215 e. The third kappa shape index (κ3) is 7.16. The summed E-state index contributed by atoms with van der Waals surface area (Å²) in [4.78, 5) is 1.95. The number of hydrogen-bond acceptors (Lipinski definition) is 4. The number of likely N-dealkylation sites (N-methyl/N-ethyl adjacent to an activating group) is 1. The van der Waals surface area contributed by atoms with Crippen molar-refractivity contribution >= 4 is 10.0 Å². The molecule has 0 saturated heterocycles. The molecule has 1 unspecified atom stereocenters. The van der Waals surface area contributed by atoms with Crippen LogP contribution >= 0.6 is 0 Å².